The van der Waals surface area contributed by atoms with Crippen molar-refractivity contribution in [3.05, 3.63) is 47.0 Å². The Hall–Kier alpha value is -1.69. The van der Waals surface area contributed by atoms with Crippen molar-refractivity contribution >= 4 is 5.91 Å². The molecule has 1 aromatic rings. The van der Waals surface area contributed by atoms with Crippen LogP contribution in [0.25, 0.3) is 0 Å². The molecular formula is C38H56N2O3. The Labute approximate surface area is 260 Å². The van der Waals surface area contributed by atoms with Crippen molar-refractivity contribution in [1.29, 1.82) is 0 Å². The van der Waals surface area contributed by atoms with E-state index in [9.17, 15) is 9.90 Å². The monoisotopic (exact) mass is 588 g/mol. The van der Waals surface area contributed by atoms with E-state index in [0.29, 0.717) is 42.3 Å². The molecule has 3 saturated carbocycles. The van der Waals surface area contributed by atoms with Gasteiger partial charge < -0.3 is 15.2 Å². The molecule has 0 radical (unpaired) electrons. The lowest BCUT2D eigenvalue weighted by Crippen LogP contribution is -2.54. The fraction of sp³-hybridized carbons (Fsp3) is 0.763. The third kappa shape index (κ3) is 5.33. The number of nitrogens with zero attached hydrogens (tertiary/aromatic N) is 1. The van der Waals surface area contributed by atoms with Crippen LogP contribution in [0, 0.1) is 40.9 Å². The summed E-state index contributed by atoms with van der Waals surface area (Å²) in [6.07, 6.45) is 12.8. The Morgan fingerprint density at radius 2 is 1.91 bits per heavy atom. The summed E-state index contributed by atoms with van der Waals surface area (Å²) in [5.74, 6) is 4.14. The van der Waals surface area contributed by atoms with Gasteiger partial charge in [-0.2, -0.15) is 0 Å². The van der Waals surface area contributed by atoms with Gasteiger partial charge in [0.1, 0.15) is 0 Å². The van der Waals surface area contributed by atoms with E-state index in [1.54, 1.807) is 11.1 Å². The van der Waals surface area contributed by atoms with E-state index in [1.807, 2.05) is 6.07 Å². The number of ether oxygens (including phenoxy) is 1. The summed E-state index contributed by atoms with van der Waals surface area (Å²) in [4.78, 5) is 15.7. The zero-order valence-electron chi connectivity index (χ0n) is 27.2. The second kappa shape index (κ2) is 11.6. The summed E-state index contributed by atoms with van der Waals surface area (Å²) >= 11 is 0. The SMILES string of the molecule is CC1=C2C[C@H]3[C@@H](CC[C@@H]4CC(O)CC[C@@]43C)[C@@H]2CC[C@@]2(C1)O[C@@H]1C[C@H](C)CN(CC(=O)NCCc3ccccc3)[C@H]1[C@H]2C. The molecule has 4 aliphatic carbocycles. The average Bonchev–Trinajstić information content (AvgIpc) is 3.44. The van der Waals surface area contributed by atoms with E-state index in [4.69, 9.17) is 4.74 Å². The number of carbonyl (C=O) groups excluding carboxylic acids is 1. The number of carbonyl (C=O) groups is 1. The number of aliphatic hydroxyl groups is 1. The number of allylic oxidation sites excluding steroid dienone is 1. The largest absolute Gasteiger partial charge is 0.393 e. The van der Waals surface area contributed by atoms with Gasteiger partial charge in [-0.3, -0.25) is 9.69 Å². The van der Waals surface area contributed by atoms with Gasteiger partial charge in [0, 0.05) is 25.0 Å². The van der Waals surface area contributed by atoms with Gasteiger partial charge >= 0.3 is 0 Å². The third-order valence-corrected chi connectivity index (χ3v) is 13.8. The normalized spacial score (nSPS) is 44.3. The summed E-state index contributed by atoms with van der Waals surface area (Å²) in [6, 6.07) is 10.7. The summed E-state index contributed by atoms with van der Waals surface area (Å²) in [6.45, 7) is 12.0. The summed E-state index contributed by atoms with van der Waals surface area (Å²) in [5.41, 5.74) is 4.98. The molecule has 5 heteroatoms. The quantitative estimate of drug-likeness (QED) is 0.384. The highest BCUT2D eigenvalue weighted by Crippen LogP contribution is 2.65. The van der Waals surface area contributed by atoms with Gasteiger partial charge in [0.05, 0.1) is 24.4 Å². The second-order valence-corrected chi connectivity index (χ2v) is 16.2. The van der Waals surface area contributed by atoms with Crippen molar-refractivity contribution in [2.75, 3.05) is 19.6 Å². The molecule has 7 rings (SSSR count). The first-order chi connectivity index (χ1) is 20.7. The van der Waals surface area contributed by atoms with E-state index in [-0.39, 0.29) is 23.7 Å². The second-order valence-electron chi connectivity index (χ2n) is 16.2. The first-order valence-electron chi connectivity index (χ1n) is 17.8. The molecule has 43 heavy (non-hydrogen) atoms. The zero-order valence-corrected chi connectivity index (χ0v) is 27.2. The number of nitrogens with one attached hydrogen (secondary N) is 1. The van der Waals surface area contributed by atoms with Crippen molar-refractivity contribution in [1.82, 2.24) is 10.2 Å². The molecular weight excluding hydrogens is 532 g/mol. The van der Waals surface area contributed by atoms with Crippen molar-refractivity contribution in [2.24, 2.45) is 40.9 Å². The number of benzene rings is 1. The molecule has 1 spiro atoms. The van der Waals surface area contributed by atoms with Gasteiger partial charge in [-0.15, -0.1) is 0 Å². The maximum absolute atomic E-state index is 13.2. The summed E-state index contributed by atoms with van der Waals surface area (Å²) in [5, 5.41) is 13.6. The molecule has 5 nitrogen and oxygen atoms in total. The van der Waals surface area contributed by atoms with Crippen LogP contribution in [0.2, 0.25) is 0 Å². The van der Waals surface area contributed by atoms with Gasteiger partial charge in [-0.25, -0.2) is 0 Å². The fourth-order valence-corrected chi connectivity index (χ4v) is 11.6. The lowest BCUT2D eigenvalue weighted by Gasteiger charge is -2.53. The first-order valence-corrected chi connectivity index (χ1v) is 17.8. The Balaban J connectivity index is 1.05. The van der Waals surface area contributed by atoms with Crippen LogP contribution in [-0.2, 0) is 16.0 Å². The van der Waals surface area contributed by atoms with Gasteiger partial charge in [0.25, 0.3) is 0 Å². The smallest absolute Gasteiger partial charge is 0.234 e. The minimum Gasteiger partial charge on any atom is -0.393 e. The number of rotatable bonds is 5. The summed E-state index contributed by atoms with van der Waals surface area (Å²) < 4.78 is 7.26. The minimum absolute atomic E-state index is 0.0745. The molecule has 236 valence electrons. The highest BCUT2D eigenvalue weighted by Gasteiger charge is 2.60. The lowest BCUT2D eigenvalue weighted by atomic mass is 9.52. The van der Waals surface area contributed by atoms with Crippen LogP contribution in [0.3, 0.4) is 0 Å². The van der Waals surface area contributed by atoms with Crippen LogP contribution in [0.4, 0.5) is 0 Å². The molecule has 0 bridgehead atoms. The maximum Gasteiger partial charge on any atom is 0.234 e. The maximum atomic E-state index is 13.2. The van der Waals surface area contributed by atoms with Gasteiger partial charge in [0.2, 0.25) is 5.91 Å². The Morgan fingerprint density at radius 1 is 1.09 bits per heavy atom. The number of piperidine rings is 1. The lowest BCUT2D eigenvalue weighted by molar-refractivity contribution is -0.124. The Bertz CT molecular complexity index is 1210. The Kier molecular flexibility index (Phi) is 8.08. The molecule has 6 aliphatic rings. The van der Waals surface area contributed by atoms with Gasteiger partial charge in [-0.1, -0.05) is 62.2 Å². The number of likely N-dealkylation sites (tertiary alicyclic amines) is 1. The number of aliphatic hydroxyl groups excluding tert-OH is 1. The minimum atomic E-state index is -0.103. The van der Waals surface area contributed by atoms with Crippen molar-refractivity contribution in [3.8, 4) is 0 Å². The first kappa shape index (κ1) is 30.0. The van der Waals surface area contributed by atoms with E-state index in [0.717, 1.165) is 62.8 Å². The van der Waals surface area contributed by atoms with Crippen molar-refractivity contribution < 1.29 is 14.6 Å². The molecule has 1 unspecified atom stereocenters. The fourth-order valence-electron chi connectivity index (χ4n) is 11.6. The number of hydrogen-bond acceptors (Lipinski definition) is 4. The number of fused-ring (bicyclic) bond motifs is 6. The van der Waals surface area contributed by atoms with Crippen molar-refractivity contribution in [2.45, 2.75) is 122 Å². The van der Waals surface area contributed by atoms with E-state index >= 15 is 0 Å². The molecule has 2 saturated heterocycles. The molecule has 11 atom stereocenters. The molecule has 2 heterocycles. The van der Waals surface area contributed by atoms with Crippen LogP contribution in [0.5, 0.6) is 0 Å². The molecule has 2 N–H and O–H groups in total. The molecule has 5 fully saturated rings. The summed E-state index contributed by atoms with van der Waals surface area (Å²) in [7, 11) is 0. The topological polar surface area (TPSA) is 61.8 Å². The number of hydrogen-bond donors (Lipinski definition) is 2. The van der Waals surface area contributed by atoms with E-state index in [1.165, 1.54) is 37.7 Å². The molecule has 1 aromatic carbocycles. The average molecular weight is 589 g/mol. The van der Waals surface area contributed by atoms with Crippen molar-refractivity contribution in [3.63, 3.8) is 0 Å². The van der Waals surface area contributed by atoms with Crippen LogP contribution in [0.1, 0.15) is 97.5 Å². The predicted octanol–water partition coefficient (Wildman–Crippen LogP) is 6.54. The molecule has 2 aliphatic heterocycles. The molecule has 1 amide bonds. The van der Waals surface area contributed by atoms with Crippen LogP contribution >= 0.6 is 0 Å². The molecule has 0 aromatic heterocycles. The van der Waals surface area contributed by atoms with Crippen LogP contribution in [0.15, 0.2) is 41.5 Å². The van der Waals surface area contributed by atoms with E-state index < -0.39 is 0 Å². The zero-order chi connectivity index (χ0) is 29.9. The highest BCUT2D eigenvalue weighted by atomic mass is 16.5. The number of amides is 1. The standard InChI is InChI=1S/C38H56N2O3/c1-24-18-34-36(40(22-24)23-35(42)39-17-14-27-8-6-5-7-9-27)26(3)38(43-34)16-13-30-31-11-10-28-19-29(41)12-15-37(28,4)33(31)20-32(30)25(2)21-38/h5-9,24,26,28-31,33-34,36,41H,10-23H2,1-4H3,(H,39,42)/t24-,26+,28+,29?,30-,31-,33-,34+,36-,37-,38-/m0/s1. The Morgan fingerprint density at radius 3 is 2.72 bits per heavy atom. The van der Waals surface area contributed by atoms with Crippen LogP contribution < -0.4 is 5.32 Å². The van der Waals surface area contributed by atoms with Crippen LogP contribution in [-0.4, -0.2) is 59.4 Å². The predicted molar refractivity (Wildman–Crippen MR) is 171 cm³/mol. The van der Waals surface area contributed by atoms with Gasteiger partial charge in [-0.05, 0) is 118 Å². The third-order valence-electron chi connectivity index (χ3n) is 13.8. The van der Waals surface area contributed by atoms with Gasteiger partial charge in [0.15, 0.2) is 0 Å². The van der Waals surface area contributed by atoms with E-state index in [2.05, 4.69) is 62.2 Å². The highest BCUT2D eigenvalue weighted by molar-refractivity contribution is 5.78.